The van der Waals surface area contributed by atoms with E-state index >= 15 is 0 Å². The first-order valence-electron chi connectivity index (χ1n) is 7.87. The van der Waals surface area contributed by atoms with Crippen molar-refractivity contribution in [2.75, 3.05) is 6.54 Å². The van der Waals surface area contributed by atoms with Crippen molar-refractivity contribution in [2.24, 2.45) is 7.05 Å². The van der Waals surface area contributed by atoms with Crippen molar-refractivity contribution in [1.82, 2.24) is 9.47 Å². The van der Waals surface area contributed by atoms with Gasteiger partial charge in [0.1, 0.15) is 5.75 Å². The topological polar surface area (TPSA) is 51.5 Å². The number of nitrogens with zero attached hydrogens (tertiary/aromatic N) is 2. The van der Waals surface area contributed by atoms with E-state index in [1.54, 1.807) is 13.2 Å². The second kappa shape index (κ2) is 6.44. The Morgan fingerprint density at radius 1 is 1.23 bits per heavy atom. The Balaban J connectivity index is 1.59. The van der Waals surface area contributed by atoms with Crippen LogP contribution < -0.4 is 10.3 Å². The van der Waals surface area contributed by atoms with Gasteiger partial charge in [0.25, 0.3) is 5.56 Å². The summed E-state index contributed by atoms with van der Waals surface area (Å²) in [5.74, 6) is 0.919. The van der Waals surface area contributed by atoms with Crippen molar-refractivity contribution in [3.63, 3.8) is 0 Å². The van der Waals surface area contributed by atoms with Crippen molar-refractivity contribution in [1.29, 1.82) is 0 Å². The Hall–Kier alpha value is -1.30. The summed E-state index contributed by atoms with van der Waals surface area (Å²) >= 11 is 3.44. The lowest BCUT2D eigenvalue weighted by atomic mass is 9.92. The first-order valence-corrected chi connectivity index (χ1v) is 8.66. The number of carbonyl (C=O) groups is 1. The van der Waals surface area contributed by atoms with Gasteiger partial charge in [-0.05, 0) is 48.0 Å². The van der Waals surface area contributed by atoms with Crippen LogP contribution in [0.4, 0.5) is 0 Å². The lowest BCUT2D eigenvalue weighted by molar-refractivity contribution is -0.130. The minimum absolute atomic E-state index is 0.0745. The zero-order valence-corrected chi connectivity index (χ0v) is 14.3. The summed E-state index contributed by atoms with van der Waals surface area (Å²) in [6.45, 7) is 0.912. The van der Waals surface area contributed by atoms with Gasteiger partial charge in [0, 0.05) is 38.3 Å². The van der Waals surface area contributed by atoms with E-state index in [1.807, 2.05) is 4.90 Å². The Bertz CT molecular complexity index is 620. The third-order valence-corrected chi connectivity index (χ3v) is 5.23. The molecule has 0 N–H and O–H groups in total. The third-order valence-electron chi connectivity index (χ3n) is 4.63. The molecule has 1 aromatic heterocycles. The van der Waals surface area contributed by atoms with Crippen molar-refractivity contribution in [3.8, 4) is 5.75 Å². The average Bonchev–Trinajstić information content (AvgIpc) is 2.92. The highest BCUT2D eigenvalue weighted by atomic mass is 79.9. The van der Waals surface area contributed by atoms with Gasteiger partial charge in [-0.15, -0.1) is 0 Å². The highest BCUT2D eigenvalue weighted by Crippen LogP contribution is 2.31. The van der Waals surface area contributed by atoms with Gasteiger partial charge in [-0.1, -0.05) is 0 Å². The summed E-state index contributed by atoms with van der Waals surface area (Å²) in [4.78, 5) is 25.6. The minimum Gasteiger partial charge on any atom is -0.489 e. The van der Waals surface area contributed by atoms with Gasteiger partial charge in [0.15, 0.2) is 0 Å². The number of aryl methyl sites for hydroxylation is 1. The Labute approximate surface area is 138 Å². The summed E-state index contributed by atoms with van der Waals surface area (Å²) in [6.07, 6.45) is 7.37. The molecule has 2 aliphatic rings. The van der Waals surface area contributed by atoms with E-state index in [0.29, 0.717) is 24.1 Å². The van der Waals surface area contributed by atoms with Crippen molar-refractivity contribution >= 4 is 21.8 Å². The monoisotopic (exact) mass is 368 g/mol. The molecule has 1 aliphatic carbocycles. The maximum atomic E-state index is 11.8. The average molecular weight is 369 g/mol. The van der Waals surface area contributed by atoms with Crippen molar-refractivity contribution < 1.29 is 9.53 Å². The predicted molar refractivity (Wildman–Crippen MR) is 87.0 cm³/mol. The van der Waals surface area contributed by atoms with Crippen LogP contribution in [0.3, 0.4) is 0 Å². The fraction of sp³-hybridized carbons (Fsp3) is 0.625. The standard InChI is InChI=1S/C16H21BrN2O3/c1-18-10-13(17)14(9-16(18)21)22-12-6-4-11(5-7-12)19-8-2-3-15(19)20/h9-12H,2-8H2,1H3/t11-,12-. The second-order valence-corrected chi connectivity index (χ2v) is 7.03. The number of aromatic nitrogens is 1. The molecule has 0 unspecified atom stereocenters. The number of pyridine rings is 1. The molecule has 120 valence electrons. The van der Waals surface area contributed by atoms with Crippen LogP contribution in [0, 0.1) is 0 Å². The van der Waals surface area contributed by atoms with Crippen molar-refractivity contribution in [2.45, 2.75) is 50.7 Å². The summed E-state index contributed by atoms with van der Waals surface area (Å²) in [5, 5.41) is 0. The molecule has 1 amide bonds. The minimum atomic E-state index is -0.0745. The Morgan fingerprint density at radius 2 is 1.95 bits per heavy atom. The summed E-state index contributed by atoms with van der Waals surface area (Å²) < 4.78 is 8.31. The third kappa shape index (κ3) is 3.21. The van der Waals surface area contributed by atoms with E-state index < -0.39 is 0 Å². The Kier molecular flexibility index (Phi) is 4.57. The van der Waals surface area contributed by atoms with Crippen LogP contribution in [-0.2, 0) is 11.8 Å². The molecule has 2 heterocycles. The molecule has 1 saturated heterocycles. The van der Waals surface area contributed by atoms with Gasteiger partial charge in [0.05, 0.1) is 10.6 Å². The van der Waals surface area contributed by atoms with E-state index in [4.69, 9.17) is 4.74 Å². The maximum absolute atomic E-state index is 11.8. The van der Waals surface area contributed by atoms with E-state index in [2.05, 4.69) is 15.9 Å². The quantitative estimate of drug-likeness (QED) is 0.823. The molecular weight excluding hydrogens is 348 g/mol. The SMILES string of the molecule is Cn1cc(Br)c(O[C@H]2CC[C@H](N3CCCC3=O)CC2)cc1=O. The van der Waals surface area contributed by atoms with Gasteiger partial charge in [-0.3, -0.25) is 9.59 Å². The van der Waals surface area contributed by atoms with Crippen molar-refractivity contribution in [3.05, 3.63) is 27.1 Å². The van der Waals surface area contributed by atoms with Gasteiger partial charge < -0.3 is 14.2 Å². The molecule has 0 bridgehead atoms. The highest BCUT2D eigenvalue weighted by Gasteiger charge is 2.32. The number of rotatable bonds is 3. The van der Waals surface area contributed by atoms with Gasteiger partial charge in [0.2, 0.25) is 5.91 Å². The van der Waals surface area contributed by atoms with E-state index in [1.165, 1.54) is 10.6 Å². The predicted octanol–water partition coefficient (Wildman–Crippen LogP) is 2.46. The molecule has 2 fully saturated rings. The van der Waals surface area contributed by atoms with Crippen LogP contribution in [0.15, 0.2) is 21.5 Å². The number of hydrogen-bond acceptors (Lipinski definition) is 3. The second-order valence-electron chi connectivity index (χ2n) is 6.17. The maximum Gasteiger partial charge on any atom is 0.254 e. The highest BCUT2D eigenvalue weighted by molar-refractivity contribution is 9.10. The number of hydrogen-bond donors (Lipinski definition) is 0. The molecule has 3 rings (SSSR count). The summed E-state index contributed by atoms with van der Waals surface area (Å²) in [7, 11) is 1.72. The number of halogens is 1. The van der Waals surface area contributed by atoms with Crippen LogP contribution in [0.5, 0.6) is 5.75 Å². The van der Waals surface area contributed by atoms with Crippen LogP contribution in [0.2, 0.25) is 0 Å². The van der Waals surface area contributed by atoms with Gasteiger partial charge in [-0.25, -0.2) is 0 Å². The molecule has 6 heteroatoms. The molecule has 0 spiro atoms. The first kappa shape index (κ1) is 15.6. The number of ether oxygens (including phenoxy) is 1. The van der Waals surface area contributed by atoms with E-state index in [0.717, 1.165) is 43.1 Å². The van der Waals surface area contributed by atoms with Crippen LogP contribution >= 0.6 is 15.9 Å². The van der Waals surface area contributed by atoms with E-state index in [9.17, 15) is 9.59 Å². The molecule has 1 aromatic rings. The lowest BCUT2D eigenvalue weighted by Gasteiger charge is -2.34. The molecular formula is C16H21BrN2O3. The molecule has 0 radical (unpaired) electrons. The fourth-order valence-corrected chi connectivity index (χ4v) is 3.89. The molecule has 1 aliphatic heterocycles. The number of likely N-dealkylation sites (tertiary alicyclic amines) is 1. The van der Waals surface area contributed by atoms with Crippen LogP contribution in [0.25, 0.3) is 0 Å². The fourth-order valence-electron chi connectivity index (χ4n) is 3.38. The number of amides is 1. The Morgan fingerprint density at radius 3 is 2.59 bits per heavy atom. The van der Waals surface area contributed by atoms with Crippen LogP contribution in [0.1, 0.15) is 38.5 Å². The molecule has 5 nitrogen and oxygen atoms in total. The first-order chi connectivity index (χ1) is 10.5. The molecule has 22 heavy (non-hydrogen) atoms. The number of carbonyl (C=O) groups excluding carboxylic acids is 1. The normalized spacial score (nSPS) is 25.5. The van der Waals surface area contributed by atoms with Crippen LogP contribution in [-0.4, -0.2) is 34.1 Å². The molecule has 0 atom stereocenters. The smallest absolute Gasteiger partial charge is 0.254 e. The molecule has 0 aromatic carbocycles. The van der Waals surface area contributed by atoms with Gasteiger partial charge in [-0.2, -0.15) is 0 Å². The zero-order valence-electron chi connectivity index (χ0n) is 12.8. The summed E-state index contributed by atoms with van der Waals surface area (Å²) in [6, 6.07) is 1.90. The molecule has 1 saturated carbocycles. The van der Waals surface area contributed by atoms with E-state index in [-0.39, 0.29) is 11.7 Å². The largest absolute Gasteiger partial charge is 0.489 e. The lowest BCUT2D eigenvalue weighted by Crippen LogP contribution is -2.40. The van der Waals surface area contributed by atoms with Gasteiger partial charge >= 0.3 is 0 Å². The zero-order chi connectivity index (χ0) is 15.7. The summed E-state index contributed by atoms with van der Waals surface area (Å²) in [5.41, 5.74) is -0.0745.